The van der Waals surface area contributed by atoms with Crippen LogP contribution in [0.25, 0.3) is 0 Å². The SMILES string of the molecule is Cc1ccoc1C(=O)N(CC(=O)Nc1ccccc1)Cc1ccco1. The maximum Gasteiger partial charge on any atom is 0.290 e. The van der Waals surface area contributed by atoms with Gasteiger partial charge in [0.1, 0.15) is 12.3 Å². The molecule has 0 spiro atoms. The van der Waals surface area contributed by atoms with Crippen molar-refractivity contribution < 1.29 is 18.4 Å². The first-order valence-corrected chi connectivity index (χ1v) is 7.84. The molecule has 6 nitrogen and oxygen atoms in total. The lowest BCUT2D eigenvalue weighted by atomic mass is 10.2. The summed E-state index contributed by atoms with van der Waals surface area (Å²) in [5, 5.41) is 2.77. The third kappa shape index (κ3) is 4.17. The third-order valence-corrected chi connectivity index (χ3v) is 3.66. The summed E-state index contributed by atoms with van der Waals surface area (Å²) in [5.74, 6) is 0.154. The average Bonchev–Trinajstić information content (AvgIpc) is 3.26. The normalized spacial score (nSPS) is 10.4. The average molecular weight is 338 g/mol. The lowest BCUT2D eigenvalue weighted by Crippen LogP contribution is -2.37. The van der Waals surface area contributed by atoms with Gasteiger partial charge in [0.2, 0.25) is 5.91 Å². The van der Waals surface area contributed by atoms with Crippen molar-refractivity contribution in [1.82, 2.24) is 4.90 Å². The summed E-state index contributed by atoms with van der Waals surface area (Å²) in [7, 11) is 0. The highest BCUT2D eigenvalue weighted by Crippen LogP contribution is 2.15. The molecule has 1 aromatic carbocycles. The monoisotopic (exact) mass is 338 g/mol. The lowest BCUT2D eigenvalue weighted by Gasteiger charge is -2.20. The van der Waals surface area contributed by atoms with E-state index in [1.165, 1.54) is 17.4 Å². The summed E-state index contributed by atoms with van der Waals surface area (Å²) in [5.41, 5.74) is 1.39. The van der Waals surface area contributed by atoms with E-state index in [4.69, 9.17) is 8.83 Å². The Balaban J connectivity index is 1.75. The number of aryl methyl sites for hydroxylation is 1. The molecule has 1 N–H and O–H groups in total. The van der Waals surface area contributed by atoms with Crippen LogP contribution in [0.5, 0.6) is 0 Å². The Morgan fingerprint density at radius 3 is 2.44 bits per heavy atom. The van der Waals surface area contributed by atoms with Crippen LogP contribution in [0.4, 0.5) is 5.69 Å². The van der Waals surface area contributed by atoms with Gasteiger partial charge in [-0.3, -0.25) is 9.59 Å². The number of nitrogens with zero attached hydrogens (tertiary/aromatic N) is 1. The van der Waals surface area contributed by atoms with Crippen LogP contribution in [0.3, 0.4) is 0 Å². The molecule has 6 heteroatoms. The summed E-state index contributed by atoms with van der Waals surface area (Å²) < 4.78 is 10.6. The first-order valence-electron chi connectivity index (χ1n) is 7.84. The van der Waals surface area contributed by atoms with Crippen LogP contribution < -0.4 is 5.32 Å². The molecule has 0 aliphatic rings. The summed E-state index contributed by atoms with van der Waals surface area (Å²) in [4.78, 5) is 26.5. The maximum atomic E-state index is 12.8. The standard InChI is InChI=1S/C19H18N2O4/c1-14-9-11-25-18(14)19(23)21(12-16-8-5-10-24-16)13-17(22)20-15-6-3-2-4-7-15/h2-11H,12-13H2,1H3,(H,20,22). The van der Waals surface area contributed by atoms with Crippen molar-refractivity contribution in [1.29, 1.82) is 0 Å². The highest BCUT2D eigenvalue weighted by molar-refractivity contribution is 5.98. The summed E-state index contributed by atoms with van der Waals surface area (Å²) in [6.45, 7) is 1.84. The Labute approximate surface area is 145 Å². The topological polar surface area (TPSA) is 75.7 Å². The minimum atomic E-state index is -0.359. The van der Waals surface area contributed by atoms with E-state index in [0.29, 0.717) is 11.4 Å². The van der Waals surface area contributed by atoms with Gasteiger partial charge in [-0.25, -0.2) is 0 Å². The van der Waals surface area contributed by atoms with Crippen LogP contribution in [0.2, 0.25) is 0 Å². The molecule has 0 radical (unpaired) electrons. The number of anilines is 1. The van der Waals surface area contributed by atoms with Gasteiger partial charge < -0.3 is 19.1 Å². The molecule has 2 heterocycles. The number of carbonyl (C=O) groups excluding carboxylic acids is 2. The number of furan rings is 2. The fourth-order valence-electron chi connectivity index (χ4n) is 2.42. The fourth-order valence-corrected chi connectivity index (χ4v) is 2.42. The first-order chi connectivity index (χ1) is 12.1. The van der Waals surface area contributed by atoms with E-state index in [1.54, 1.807) is 37.3 Å². The van der Waals surface area contributed by atoms with Crippen LogP contribution in [0.15, 0.2) is 69.9 Å². The molecular formula is C19H18N2O4. The Bertz CT molecular complexity index is 837. The zero-order valence-electron chi connectivity index (χ0n) is 13.8. The van der Waals surface area contributed by atoms with Gasteiger partial charge in [-0.2, -0.15) is 0 Å². The highest BCUT2D eigenvalue weighted by atomic mass is 16.3. The number of carbonyl (C=O) groups is 2. The molecular weight excluding hydrogens is 320 g/mol. The van der Waals surface area contributed by atoms with Crippen molar-refractivity contribution in [3.8, 4) is 0 Å². The second kappa shape index (κ2) is 7.53. The van der Waals surface area contributed by atoms with Crippen molar-refractivity contribution in [2.75, 3.05) is 11.9 Å². The molecule has 0 bridgehead atoms. The molecule has 0 atom stereocenters. The summed E-state index contributed by atoms with van der Waals surface area (Å²) >= 11 is 0. The van der Waals surface area contributed by atoms with E-state index in [0.717, 1.165) is 5.56 Å². The van der Waals surface area contributed by atoms with Gasteiger partial charge in [0.05, 0.1) is 19.1 Å². The first kappa shape index (κ1) is 16.6. The molecule has 0 saturated heterocycles. The number of benzene rings is 1. The number of hydrogen-bond acceptors (Lipinski definition) is 4. The van der Waals surface area contributed by atoms with E-state index in [2.05, 4.69) is 5.32 Å². The Hall–Kier alpha value is -3.28. The zero-order chi connectivity index (χ0) is 17.6. The van der Waals surface area contributed by atoms with E-state index < -0.39 is 0 Å². The van der Waals surface area contributed by atoms with Gasteiger partial charge in [-0.05, 0) is 37.3 Å². The number of hydrogen-bond donors (Lipinski definition) is 1. The predicted molar refractivity (Wildman–Crippen MR) is 92.0 cm³/mol. The van der Waals surface area contributed by atoms with Crippen molar-refractivity contribution in [3.05, 3.63) is 78.1 Å². The number of rotatable bonds is 6. The van der Waals surface area contributed by atoms with Crippen LogP contribution >= 0.6 is 0 Å². The number of para-hydroxylation sites is 1. The Morgan fingerprint density at radius 1 is 1.00 bits per heavy atom. The van der Waals surface area contributed by atoms with Gasteiger partial charge in [0.15, 0.2) is 5.76 Å². The summed E-state index contributed by atoms with van der Waals surface area (Å²) in [6.07, 6.45) is 2.98. The molecule has 128 valence electrons. The molecule has 2 aromatic heterocycles. The second-order valence-electron chi connectivity index (χ2n) is 5.59. The third-order valence-electron chi connectivity index (χ3n) is 3.66. The molecule has 25 heavy (non-hydrogen) atoms. The minimum Gasteiger partial charge on any atom is -0.467 e. The summed E-state index contributed by atoms with van der Waals surface area (Å²) in [6, 6.07) is 14.3. The molecule has 3 rings (SSSR count). The van der Waals surface area contributed by atoms with Crippen LogP contribution in [0.1, 0.15) is 21.9 Å². The Morgan fingerprint density at radius 2 is 1.80 bits per heavy atom. The molecule has 3 aromatic rings. The van der Waals surface area contributed by atoms with Gasteiger partial charge in [0.25, 0.3) is 5.91 Å². The Kier molecular flexibility index (Phi) is 4.99. The van der Waals surface area contributed by atoms with E-state index in [9.17, 15) is 9.59 Å². The number of nitrogens with one attached hydrogen (secondary N) is 1. The van der Waals surface area contributed by atoms with E-state index >= 15 is 0 Å². The van der Waals surface area contributed by atoms with E-state index in [1.807, 2.05) is 18.2 Å². The minimum absolute atomic E-state index is 0.117. The molecule has 0 unspecified atom stereocenters. The molecule has 0 aliphatic carbocycles. The quantitative estimate of drug-likeness (QED) is 0.747. The fraction of sp³-hybridized carbons (Fsp3) is 0.158. The van der Waals surface area contributed by atoms with Gasteiger partial charge >= 0.3 is 0 Å². The molecule has 0 aliphatic heterocycles. The number of amides is 2. The van der Waals surface area contributed by atoms with Crippen molar-refractivity contribution >= 4 is 17.5 Å². The van der Waals surface area contributed by atoms with Crippen molar-refractivity contribution in [3.63, 3.8) is 0 Å². The lowest BCUT2D eigenvalue weighted by molar-refractivity contribution is -0.117. The van der Waals surface area contributed by atoms with E-state index in [-0.39, 0.29) is 30.7 Å². The van der Waals surface area contributed by atoms with Crippen LogP contribution in [-0.2, 0) is 11.3 Å². The zero-order valence-corrected chi connectivity index (χ0v) is 13.8. The van der Waals surface area contributed by atoms with Crippen LogP contribution in [0, 0.1) is 6.92 Å². The largest absolute Gasteiger partial charge is 0.467 e. The molecule has 0 saturated carbocycles. The van der Waals surface area contributed by atoms with Gasteiger partial charge in [0, 0.05) is 11.3 Å². The van der Waals surface area contributed by atoms with Gasteiger partial charge in [-0.15, -0.1) is 0 Å². The molecule has 0 fully saturated rings. The smallest absolute Gasteiger partial charge is 0.290 e. The maximum absolute atomic E-state index is 12.8. The molecule has 2 amide bonds. The van der Waals surface area contributed by atoms with Crippen molar-refractivity contribution in [2.45, 2.75) is 13.5 Å². The van der Waals surface area contributed by atoms with Gasteiger partial charge in [-0.1, -0.05) is 18.2 Å². The highest BCUT2D eigenvalue weighted by Gasteiger charge is 2.24. The predicted octanol–water partition coefficient (Wildman–Crippen LogP) is 3.46. The van der Waals surface area contributed by atoms with Crippen LogP contribution in [-0.4, -0.2) is 23.3 Å². The van der Waals surface area contributed by atoms with Crippen molar-refractivity contribution in [2.24, 2.45) is 0 Å². The second-order valence-corrected chi connectivity index (χ2v) is 5.59.